The van der Waals surface area contributed by atoms with Crippen molar-refractivity contribution in [2.75, 3.05) is 5.73 Å². The van der Waals surface area contributed by atoms with Crippen LogP contribution in [0.1, 0.15) is 10.7 Å². The number of nitrogen functional groups attached to an aromatic ring is 1. The fourth-order valence-electron chi connectivity index (χ4n) is 1.17. The number of nitrogens with zero attached hydrogens (tertiary/aromatic N) is 4. The normalized spacial score (nSPS) is 10.6. The van der Waals surface area contributed by atoms with Crippen LogP contribution in [0, 0.1) is 6.92 Å². The third kappa shape index (κ3) is 2.08. The van der Waals surface area contributed by atoms with E-state index in [0.29, 0.717) is 5.95 Å². The monoisotopic (exact) mass is 209 g/mol. The highest BCUT2D eigenvalue weighted by Crippen LogP contribution is 2.08. The second-order valence-corrected chi connectivity index (χ2v) is 4.04. The summed E-state index contributed by atoms with van der Waals surface area (Å²) in [6.07, 6.45) is 2.50. The highest BCUT2D eigenvalue weighted by molar-refractivity contribution is 7.09. The topological polar surface area (TPSA) is 69.6 Å². The molecule has 0 bridgehead atoms. The molecule has 2 heterocycles. The predicted octanol–water partition coefficient (Wildman–Crippen LogP) is 0.868. The van der Waals surface area contributed by atoms with Crippen LogP contribution in [-0.4, -0.2) is 19.7 Å². The molecule has 0 unspecified atom stereocenters. The molecule has 0 aliphatic rings. The molecule has 0 spiro atoms. The van der Waals surface area contributed by atoms with Crippen LogP contribution in [0.3, 0.4) is 0 Å². The van der Waals surface area contributed by atoms with Gasteiger partial charge < -0.3 is 5.73 Å². The first-order chi connectivity index (χ1) is 6.74. The van der Waals surface area contributed by atoms with Crippen LogP contribution < -0.4 is 5.73 Å². The molecule has 0 aliphatic heterocycles. The lowest BCUT2D eigenvalue weighted by Gasteiger charge is -1.96. The van der Waals surface area contributed by atoms with Gasteiger partial charge in [-0.2, -0.15) is 0 Å². The highest BCUT2D eigenvalue weighted by atomic mass is 32.1. The summed E-state index contributed by atoms with van der Waals surface area (Å²) in [5.41, 5.74) is 6.49. The van der Waals surface area contributed by atoms with Gasteiger partial charge >= 0.3 is 0 Å². The Morgan fingerprint density at radius 3 is 3.00 bits per heavy atom. The Morgan fingerprint density at radius 1 is 1.57 bits per heavy atom. The molecule has 2 aromatic rings. The van der Waals surface area contributed by atoms with Crippen LogP contribution in [-0.2, 0) is 13.0 Å². The molecule has 2 rings (SSSR count). The van der Waals surface area contributed by atoms with Gasteiger partial charge in [-0.1, -0.05) is 0 Å². The van der Waals surface area contributed by atoms with Crippen molar-refractivity contribution in [3.8, 4) is 0 Å². The summed E-state index contributed by atoms with van der Waals surface area (Å²) in [4.78, 5) is 8.20. The second-order valence-electron chi connectivity index (χ2n) is 2.97. The number of aromatic nitrogens is 4. The molecule has 2 aromatic heterocycles. The zero-order valence-corrected chi connectivity index (χ0v) is 8.66. The summed E-state index contributed by atoms with van der Waals surface area (Å²) in [7, 11) is 0. The molecule has 0 atom stereocenters. The third-order valence-corrected chi connectivity index (χ3v) is 2.64. The van der Waals surface area contributed by atoms with Crippen LogP contribution in [0.15, 0.2) is 11.7 Å². The average Bonchev–Trinajstić information content (AvgIpc) is 2.72. The number of nitrogens with two attached hydrogens (primary N) is 1. The van der Waals surface area contributed by atoms with Gasteiger partial charge in [-0.05, 0) is 6.92 Å². The van der Waals surface area contributed by atoms with Gasteiger partial charge in [-0.25, -0.2) is 9.97 Å². The number of rotatable bonds is 3. The minimum atomic E-state index is 0.319. The van der Waals surface area contributed by atoms with Crippen molar-refractivity contribution >= 4 is 17.3 Å². The van der Waals surface area contributed by atoms with Crippen molar-refractivity contribution in [3.63, 3.8) is 0 Å². The third-order valence-electron chi connectivity index (χ3n) is 1.82. The van der Waals surface area contributed by atoms with Gasteiger partial charge in [0.2, 0.25) is 5.95 Å². The molecule has 5 nitrogen and oxygen atoms in total. The Kier molecular flexibility index (Phi) is 2.45. The predicted molar refractivity (Wildman–Crippen MR) is 55.0 cm³/mol. The second kappa shape index (κ2) is 3.75. The van der Waals surface area contributed by atoms with Crippen LogP contribution in [0.5, 0.6) is 0 Å². The van der Waals surface area contributed by atoms with Crippen molar-refractivity contribution in [2.45, 2.75) is 19.9 Å². The number of thiazole rings is 1. The maximum atomic E-state index is 5.40. The molecule has 0 radical (unpaired) electrons. The van der Waals surface area contributed by atoms with Crippen molar-refractivity contribution in [2.24, 2.45) is 0 Å². The van der Waals surface area contributed by atoms with E-state index in [4.69, 9.17) is 5.73 Å². The van der Waals surface area contributed by atoms with Crippen molar-refractivity contribution in [1.29, 1.82) is 0 Å². The Balaban J connectivity index is 1.94. The Bertz CT molecular complexity index is 379. The molecule has 74 valence electrons. The maximum Gasteiger partial charge on any atom is 0.239 e. The number of aryl methyl sites for hydroxylation is 3. The molecule has 14 heavy (non-hydrogen) atoms. The smallest absolute Gasteiger partial charge is 0.239 e. The molecule has 0 saturated carbocycles. The van der Waals surface area contributed by atoms with Gasteiger partial charge in [0, 0.05) is 18.3 Å². The van der Waals surface area contributed by atoms with E-state index in [1.807, 2.05) is 6.92 Å². The van der Waals surface area contributed by atoms with E-state index in [1.54, 1.807) is 22.3 Å². The molecule has 0 aliphatic carbocycles. The summed E-state index contributed by atoms with van der Waals surface area (Å²) in [5, 5.41) is 7.15. The molecular weight excluding hydrogens is 198 g/mol. The van der Waals surface area contributed by atoms with Crippen molar-refractivity contribution in [1.82, 2.24) is 19.7 Å². The number of hydrogen-bond donors (Lipinski definition) is 1. The van der Waals surface area contributed by atoms with E-state index in [2.05, 4.69) is 20.4 Å². The van der Waals surface area contributed by atoms with Crippen LogP contribution in [0.2, 0.25) is 0 Å². The van der Waals surface area contributed by atoms with E-state index < -0.39 is 0 Å². The van der Waals surface area contributed by atoms with Gasteiger partial charge in [0.15, 0.2) is 0 Å². The van der Waals surface area contributed by atoms with E-state index in [1.165, 1.54) is 0 Å². The highest BCUT2D eigenvalue weighted by Gasteiger charge is 2.00. The SMILES string of the molecule is Cc1nc(CCn2cnc(N)n2)cs1. The standard InChI is InChI=1S/C8H11N5S/c1-6-11-7(4-14-6)2-3-13-5-10-8(9)12-13/h4-5H,2-3H2,1H3,(H2,9,12). The quantitative estimate of drug-likeness (QED) is 0.814. The largest absolute Gasteiger partial charge is 0.367 e. The van der Waals surface area contributed by atoms with Gasteiger partial charge in [-0.3, -0.25) is 4.68 Å². The summed E-state index contributed by atoms with van der Waals surface area (Å²) >= 11 is 1.66. The van der Waals surface area contributed by atoms with Gasteiger partial charge in [-0.15, -0.1) is 16.4 Å². The summed E-state index contributed by atoms with van der Waals surface area (Å²) in [5.74, 6) is 0.319. The number of hydrogen-bond acceptors (Lipinski definition) is 5. The van der Waals surface area contributed by atoms with Gasteiger partial charge in [0.05, 0.1) is 10.7 Å². The minimum Gasteiger partial charge on any atom is -0.367 e. The van der Waals surface area contributed by atoms with Crippen LogP contribution in [0.4, 0.5) is 5.95 Å². The van der Waals surface area contributed by atoms with Crippen LogP contribution >= 0.6 is 11.3 Å². The van der Waals surface area contributed by atoms with Crippen molar-refractivity contribution in [3.05, 3.63) is 22.4 Å². The summed E-state index contributed by atoms with van der Waals surface area (Å²) in [6, 6.07) is 0. The van der Waals surface area contributed by atoms with Crippen molar-refractivity contribution < 1.29 is 0 Å². The Morgan fingerprint density at radius 2 is 2.43 bits per heavy atom. The summed E-state index contributed by atoms with van der Waals surface area (Å²) < 4.78 is 1.73. The molecule has 6 heteroatoms. The summed E-state index contributed by atoms with van der Waals surface area (Å²) in [6.45, 7) is 2.77. The Labute approximate surface area is 85.6 Å². The van der Waals surface area contributed by atoms with E-state index in [-0.39, 0.29) is 0 Å². The molecule has 2 N–H and O–H groups in total. The fourth-order valence-corrected chi connectivity index (χ4v) is 1.82. The zero-order chi connectivity index (χ0) is 9.97. The maximum absolute atomic E-state index is 5.40. The zero-order valence-electron chi connectivity index (χ0n) is 7.84. The fraction of sp³-hybridized carbons (Fsp3) is 0.375. The first kappa shape index (κ1) is 9.14. The Hall–Kier alpha value is -1.43. The number of anilines is 1. The molecule has 0 amide bonds. The lowest BCUT2D eigenvalue weighted by Crippen LogP contribution is -2.02. The van der Waals surface area contributed by atoms with Gasteiger partial charge in [0.25, 0.3) is 0 Å². The van der Waals surface area contributed by atoms with Gasteiger partial charge in [0.1, 0.15) is 6.33 Å². The minimum absolute atomic E-state index is 0.319. The molecule has 0 fully saturated rings. The van der Waals surface area contributed by atoms with Crippen LogP contribution in [0.25, 0.3) is 0 Å². The van der Waals surface area contributed by atoms with E-state index in [0.717, 1.165) is 23.7 Å². The van der Waals surface area contributed by atoms with E-state index >= 15 is 0 Å². The first-order valence-corrected chi connectivity index (χ1v) is 5.18. The average molecular weight is 209 g/mol. The molecule has 0 aromatic carbocycles. The lowest BCUT2D eigenvalue weighted by molar-refractivity contribution is 0.609. The first-order valence-electron chi connectivity index (χ1n) is 4.30. The lowest BCUT2D eigenvalue weighted by atomic mass is 10.3. The molecular formula is C8H11N5S. The van der Waals surface area contributed by atoms with E-state index in [9.17, 15) is 0 Å². The molecule has 0 saturated heterocycles.